The summed E-state index contributed by atoms with van der Waals surface area (Å²) >= 11 is 7.75. The molecule has 0 radical (unpaired) electrons. The van der Waals surface area contributed by atoms with Gasteiger partial charge in [0.2, 0.25) is 0 Å². The number of thiol groups is 2. The summed E-state index contributed by atoms with van der Waals surface area (Å²) in [6, 6.07) is 6.43. The molecule has 6 heteroatoms. The summed E-state index contributed by atoms with van der Waals surface area (Å²) in [5, 5.41) is 0. The van der Waals surface area contributed by atoms with Gasteiger partial charge in [0.15, 0.2) is 0 Å². The molecule has 1 unspecified atom stereocenters. The number of hydrogen-bond donors (Lipinski definition) is 2. The molecule has 2 nitrogen and oxygen atoms in total. The molecule has 2 rings (SSSR count). The van der Waals surface area contributed by atoms with Gasteiger partial charge in [-0.25, -0.2) is 0 Å². The van der Waals surface area contributed by atoms with Gasteiger partial charge in [0.1, 0.15) is 0 Å². The molecule has 0 saturated heterocycles. The molecule has 0 saturated carbocycles. The molecule has 0 fully saturated rings. The number of hydroxylamine groups is 1. The maximum atomic E-state index is 12.8. The molecule has 0 spiro atoms. The van der Waals surface area contributed by atoms with Gasteiger partial charge in [-0.05, 0) is 0 Å². The second-order valence-corrected chi connectivity index (χ2v) is 7.68. The molecule has 0 aliphatic carbocycles. The first-order valence-electron chi connectivity index (χ1n) is 4.45. The fourth-order valence-corrected chi connectivity index (χ4v) is 3.78. The molecule has 0 bridgehead atoms. The van der Waals surface area contributed by atoms with Crippen LogP contribution in [-0.4, -0.2) is 25.2 Å². The fourth-order valence-electron chi connectivity index (χ4n) is 1.44. The van der Waals surface area contributed by atoms with E-state index in [-0.39, 0.29) is 11.9 Å². The Hall–Kier alpha value is 0.116. The van der Waals surface area contributed by atoms with Gasteiger partial charge in [0.25, 0.3) is 0 Å². The van der Waals surface area contributed by atoms with Crippen molar-refractivity contribution in [3.8, 4) is 0 Å². The van der Waals surface area contributed by atoms with E-state index < -0.39 is 17.3 Å². The minimum atomic E-state index is -0.850. The predicted octanol–water partition coefficient (Wildman–Crippen LogP) is 2.03. The van der Waals surface area contributed by atoms with Crippen molar-refractivity contribution in [3.63, 3.8) is 0 Å². The third-order valence-electron chi connectivity index (χ3n) is 2.22. The SMILES string of the molecule is Fc1ccc(C2C[C](S)=[Ga][O]N2S)cc1. The zero-order chi connectivity index (χ0) is 10.8. The first-order chi connectivity index (χ1) is 7.16. The van der Waals surface area contributed by atoms with E-state index in [4.69, 9.17) is 3.63 Å². The zero-order valence-electron chi connectivity index (χ0n) is 7.80. The van der Waals surface area contributed by atoms with Crippen LogP contribution in [0.2, 0.25) is 0 Å². The van der Waals surface area contributed by atoms with Gasteiger partial charge in [-0.3, -0.25) is 0 Å². The number of hydrogen-bond acceptors (Lipinski definition) is 4. The Morgan fingerprint density at radius 1 is 1.40 bits per heavy atom. The van der Waals surface area contributed by atoms with Crippen LogP contribution in [0.5, 0.6) is 0 Å². The van der Waals surface area contributed by atoms with Gasteiger partial charge in [0.05, 0.1) is 0 Å². The maximum absolute atomic E-state index is 12.8. The summed E-state index contributed by atoms with van der Waals surface area (Å²) in [7, 11) is 0. The molecule has 1 heterocycles. The van der Waals surface area contributed by atoms with Gasteiger partial charge in [-0.2, -0.15) is 0 Å². The fraction of sp³-hybridized carbons (Fsp3) is 0.222. The molecule has 1 aliphatic rings. The van der Waals surface area contributed by atoms with Crippen LogP contribution in [0.1, 0.15) is 18.0 Å². The topological polar surface area (TPSA) is 12.5 Å². The predicted molar refractivity (Wildman–Crippen MR) is 65.4 cm³/mol. The Morgan fingerprint density at radius 2 is 2.07 bits per heavy atom. The van der Waals surface area contributed by atoms with E-state index in [1.165, 1.54) is 12.1 Å². The van der Waals surface area contributed by atoms with Crippen LogP contribution in [0.4, 0.5) is 4.39 Å². The Bertz CT molecular complexity index is 384. The molecule has 15 heavy (non-hydrogen) atoms. The van der Waals surface area contributed by atoms with Crippen molar-refractivity contribution in [2.45, 2.75) is 12.5 Å². The molecule has 1 aromatic rings. The first-order valence-corrected chi connectivity index (χ1v) is 7.50. The second-order valence-electron chi connectivity index (χ2n) is 3.29. The van der Waals surface area contributed by atoms with Crippen LogP contribution < -0.4 is 0 Å². The Balaban J connectivity index is 2.23. The Kier molecular flexibility index (Phi) is 3.84. The minimum absolute atomic E-state index is 0.0346. The summed E-state index contributed by atoms with van der Waals surface area (Å²) in [4.78, 5) is 0. The molecule has 1 aromatic carbocycles. The zero-order valence-corrected chi connectivity index (χ0v) is 12.0. The monoisotopic (exact) mass is 299 g/mol. The summed E-state index contributed by atoms with van der Waals surface area (Å²) < 4.78 is 20.9. The molecular weight excluding hydrogens is 291 g/mol. The van der Waals surface area contributed by atoms with Crippen molar-refractivity contribution >= 4 is 46.2 Å². The van der Waals surface area contributed by atoms with E-state index in [0.717, 1.165) is 15.4 Å². The van der Waals surface area contributed by atoms with Crippen molar-refractivity contribution in [2.24, 2.45) is 0 Å². The molecule has 0 N–H and O–H groups in total. The van der Waals surface area contributed by atoms with Gasteiger partial charge in [0, 0.05) is 0 Å². The first kappa shape index (κ1) is 11.6. The molecule has 0 aromatic heterocycles. The van der Waals surface area contributed by atoms with Crippen LogP contribution in [0.15, 0.2) is 24.3 Å². The van der Waals surface area contributed by atoms with E-state index in [1.807, 2.05) is 0 Å². The molecule has 0 amide bonds. The van der Waals surface area contributed by atoms with Crippen molar-refractivity contribution in [1.82, 2.24) is 4.47 Å². The summed E-state index contributed by atoms with van der Waals surface area (Å²) in [6.45, 7) is 0. The van der Waals surface area contributed by atoms with Gasteiger partial charge in [-0.15, -0.1) is 0 Å². The third-order valence-corrected chi connectivity index (χ3v) is 5.46. The summed E-state index contributed by atoms with van der Waals surface area (Å²) in [6.07, 6.45) is 0.832. The summed E-state index contributed by atoms with van der Waals surface area (Å²) in [5.41, 5.74) is 0.995. The molecule has 78 valence electrons. The van der Waals surface area contributed by atoms with Crippen LogP contribution in [0.25, 0.3) is 0 Å². The summed E-state index contributed by atoms with van der Waals surface area (Å²) in [5.74, 6) is -0.230. The van der Waals surface area contributed by atoms with Crippen molar-refractivity contribution in [1.29, 1.82) is 0 Å². The molecule has 1 atom stereocenters. The van der Waals surface area contributed by atoms with Crippen LogP contribution in [0, 0.1) is 5.82 Å². The number of rotatable bonds is 1. The van der Waals surface area contributed by atoms with Gasteiger partial charge in [-0.1, -0.05) is 0 Å². The van der Waals surface area contributed by atoms with Crippen LogP contribution >= 0.6 is 25.4 Å². The number of nitrogens with zero attached hydrogens (tertiary/aromatic N) is 1. The van der Waals surface area contributed by atoms with E-state index >= 15 is 0 Å². The third kappa shape index (κ3) is 2.82. The Morgan fingerprint density at radius 3 is 2.73 bits per heavy atom. The molecule has 1 aliphatic heterocycles. The van der Waals surface area contributed by atoms with Crippen LogP contribution in [-0.2, 0) is 3.63 Å². The molecular formula is C9H9FGaNOS2. The standard InChI is InChI=1S/C9H9FNOS2.Ga/c10-8-3-1-7(2-4-8)9(5-6-13)11(12)14;/h1-4,9,13-14H,5H2;/q-1;+1. The van der Waals surface area contributed by atoms with Gasteiger partial charge < -0.3 is 0 Å². The number of halogens is 1. The normalized spacial score (nSPS) is 21.5. The quantitative estimate of drug-likeness (QED) is 0.608. The average Bonchev–Trinajstić information content (AvgIpc) is 2.23. The van der Waals surface area contributed by atoms with Gasteiger partial charge >= 0.3 is 107 Å². The number of benzene rings is 1. The average molecular weight is 300 g/mol. The van der Waals surface area contributed by atoms with E-state index in [0.29, 0.717) is 0 Å². The van der Waals surface area contributed by atoms with Crippen molar-refractivity contribution in [2.75, 3.05) is 0 Å². The Labute approximate surface area is 106 Å². The van der Waals surface area contributed by atoms with Crippen LogP contribution in [0.3, 0.4) is 0 Å². The van der Waals surface area contributed by atoms with Crippen molar-refractivity contribution < 1.29 is 8.02 Å². The van der Waals surface area contributed by atoms with Crippen molar-refractivity contribution in [3.05, 3.63) is 35.6 Å². The second kappa shape index (κ2) is 4.97. The van der Waals surface area contributed by atoms with E-state index in [1.54, 1.807) is 16.6 Å². The van der Waals surface area contributed by atoms with E-state index in [9.17, 15) is 4.39 Å². The van der Waals surface area contributed by atoms with E-state index in [2.05, 4.69) is 25.4 Å².